The van der Waals surface area contributed by atoms with Crippen molar-refractivity contribution in [2.75, 3.05) is 18.5 Å². The lowest BCUT2D eigenvalue weighted by molar-refractivity contribution is -0.119. The highest BCUT2D eigenvalue weighted by Crippen LogP contribution is 2.36. The molecule has 0 fully saturated rings. The highest BCUT2D eigenvalue weighted by atomic mass is 35.5. The second-order valence-corrected chi connectivity index (χ2v) is 9.07. The van der Waals surface area contributed by atoms with E-state index in [1.54, 1.807) is 31.2 Å². The maximum atomic E-state index is 12.7. The molecule has 1 heterocycles. The van der Waals surface area contributed by atoms with E-state index in [2.05, 4.69) is 10.6 Å². The molecule has 2 N–H and O–H groups in total. The fourth-order valence-electron chi connectivity index (χ4n) is 3.08. The lowest BCUT2D eigenvalue weighted by atomic mass is 10.0. The minimum absolute atomic E-state index is 0.117. The van der Waals surface area contributed by atoms with Gasteiger partial charge in [0.15, 0.2) is 5.11 Å². The molecule has 1 aromatic heterocycles. The summed E-state index contributed by atoms with van der Waals surface area (Å²) in [5, 5.41) is 8.77. The standard InChI is InChI=1S/C25H25ClN2O4S2/c1-3-31-24(30)22-20(17-8-6-16(2)7-9-17)15-34-23(22)28-25(33)27-21(29)5-4-14-32-19-12-10-18(26)11-13-19/h6-13,15H,3-5,14H2,1-2H3,(H2,27,28,29,33). The number of rotatable bonds is 9. The zero-order valence-electron chi connectivity index (χ0n) is 18.9. The fourth-order valence-corrected chi connectivity index (χ4v) is 4.45. The van der Waals surface area contributed by atoms with Gasteiger partial charge in [-0.2, -0.15) is 0 Å². The maximum Gasteiger partial charge on any atom is 0.341 e. The molecule has 0 saturated heterocycles. The Balaban J connectivity index is 1.57. The van der Waals surface area contributed by atoms with Crippen molar-refractivity contribution in [2.24, 2.45) is 0 Å². The van der Waals surface area contributed by atoms with Crippen LogP contribution in [0.1, 0.15) is 35.7 Å². The third-order valence-corrected chi connectivity index (χ3v) is 6.10. The van der Waals surface area contributed by atoms with Crippen molar-refractivity contribution in [1.82, 2.24) is 5.32 Å². The summed E-state index contributed by atoms with van der Waals surface area (Å²) in [6.07, 6.45) is 0.751. The van der Waals surface area contributed by atoms with Crippen LogP contribution in [0.15, 0.2) is 53.9 Å². The third kappa shape index (κ3) is 7.28. The van der Waals surface area contributed by atoms with Crippen molar-refractivity contribution in [1.29, 1.82) is 0 Å². The fraction of sp³-hybridized carbons (Fsp3) is 0.240. The molecule has 0 unspecified atom stereocenters. The first kappa shape index (κ1) is 25.7. The average molecular weight is 517 g/mol. The molecule has 6 nitrogen and oxygen atoms in total. The molecule has 1 amide bonds. The molecule has 0 bridgehead atoms. The summed E-state index contributed by atoms with van der Waals surface area (Å²) in [5.74, 6) is -0.00364. The summed E-state index contributed by atoms with van der Waals surface area (Å²) in [6.45, 7) is 4.39. The van der Waals surface area contributed by atoms with Gasteiger partial charge < -0.3 is 20.1 Å². The zero-order valence-corrected chi connectivity index (χ0v) is 21.2. The van der Waals surface area contributed by atoms with Crippen LogP contribution in [0.4, 0.5) is 5.00 Å². The normalized spacial score (nSPS) is 10.4. The summed E-state index contributed by atoms with van der Waals surface area (Å²) in [4.78, 5) is 25.0. The van der Waals surface area contributed by atoms with Gasteiger partial charge in [0, 0.05) is 22.4 Å². The van der Waals surface area contributed by atoms with Crippen LogP contribution in [-0.2, 0) is 9.53 Å². The van der Waals surface area contributed by atoms with E-state index in [1.807, 2.05) is 36.6 Å². The monoisotopic (exact) mass is 516 g/mol. The van der Waals surface area contributed by atoms with Crippen molar-refractivity contribution < 1.29 is 19.1 Å². The van der Waals surface area contributed by atoms with Gasteiger partial charge in [-0.25, -0.2) is 4.79 Å². The van der Waals surface area contributed by atoms with E-state index in [0.717, 1.165) is 16.7 Å². The van der Waals surface area contributed by atoms with Gasteiger partial charge in [0.2, 0.25) is 5.91 Å². The van der Waals surface area contributed by atoms with E-state index >= 15 is 0 Å². The van der Waals surface area contributed by atoms with Crippen LogP contribution in [0.2, 0.25) is 5.02 Å². The summed E-state index contributed by atoms with van der Waals surface area (Å²) in [7, 11) is 0. The van der Waals surface area contributed by atoms with Gasteiger partial charge in [0.25, 0.3) is 0 Å². The van der Waals surface area contributed by atoms with Crippen molar-refractivity contribution in [3.8, 4) is 16.9 Å². The minimum Gasteiger partial charge on any atom is -0.494 e. The number of benzene rings is 2. The average Bonchev–Trinajstić information content (AvgIpc) is 3.22. The Morgan fingerprint density at radius 2 is 1.79 bits per heavy atom. The van der Waals surface area contributed by atoms with E-state index in [0.29, 0.717) is 34.4 Å². The molecule has 3 aromatic rings. The molecule has 3 rings (SSSR count). The molecule has 0 spiro atoms. The highest BCUT2D eigenvalue weighted by Gasteiger charge is 2.22. The summed E-state index contributed by atoms with van der Waals surface area (Å²) in [6, 6.07) is 14.9. The van der Waals surface area contributed by atoms with Gasteiger partial charge in [0.1, 0.15) is 16.3 Å². The smallest absolute Gasteiger partial charge is 0.341 e. The van der Waals surface area contributed by atoms with Crippen molar-refractivity contribution in [3.63, 3.8) is 0 Å². The molecular weight excluding hydrogens is 492 g/mol. The van der Waals surface area contributed by atoms with Gasteiger partial charge in [-0.05, 0) is 62.3 Å². The number of halogens is 1. The number of hydrogen-bond donors (Lipinski definition) is 2. The van der Waals surface area contributed by atoms with Gasteiger partial charge >= 0.3 is 5.97 Å². The number of anilines is 1. The second-order valence-electron chi connectivity index (χ2n) is 7.35. The van der Waals surface area contributed by atoms with E-state index in [9.17, 15) is 9.59 Å². The van der Waals surface area contributed by atoms with Crippen molar-refractivity contribution in [2.45, 2.75) is 26.7 Å². The lowest BCUT2D eigenvalue weighted by Crippen LogP contribution is -2.34. The maximum absolute atomic E-state index is 12.7. The Hall–Kier alpha value is -2.94. The molecule has 34 heavy (non-hydrogen) atoms. The quantitative estimate of drug-likeness (QED) is 0.199. The number of thiocarbonyl (C=S) groups is 1. The molecule has 0 aliphatic carbocycles. The number of nitrogens with one attached hydrogen (secondary N) is 2. The number of amides is 1. The Morgan fingerprint density at radius 3 is 2.47 bits per heavy atom. The second kappa shape index (κ2) is 12.5. The lowest BCUT2D eigenvalue weighted by Gasteiger charge is -2.11. The Morgan fingerprint density at radius 1 is 1.09 bits per heavy atom. The van der Waals surface area contributed by atoms with Crippen LogP contribution >= 0.6 is 35.2 Å². The van der Waals surface area contributed by atoms with E-state index < -0.39 is 5.97 Å². The van der Waals surface area contributed by atoms with Crippen LogP contribution in [-0.4, -0.2) is 30.2 Å². The molecule has 178 valence electrons. The predicted octanol–water partition coefficient (Wildman–Crippen LogP) is 6.23. The number of hydrogen-bond acceptors (Lipinski definition) is 6. The number of esters is 1. The first-order chi connectivity index (χ1) is 16.4. The Labute approximate surface area is 213 Å². The van der Waals surface area contributed by atoms with Crippen LogP contribution in [0, 0.1) is 6.92 Å². The largest absolute Gasteiger partial charge is 0.494 e. The molecule has 2 aromatic carbocycles. The number of aryl methyl sites for hydroxylation is 1. The van der Waals surface area contributed by atoms with E-state index in [-0.39, 0.29) is 24.0 Å². The number of thiophene rings is 1. The summed E-state index contributed by atoms with van der Waals surface area (Å²) >= 11 is 12.5. The number of carbonyl (C=O) groups excluding carboxylic acids is 2. The zero-order chi connectivity index (χ0) is 24.5. The summed E-state index contributed by atoms with van der Waals surface area (Å²) in [5.41, 5.74) is 3.16. The number of carbonyl (C=O) groups is 2. The highest BCUT2D eigenvalue weighted by molar-refractivity contribution is 7.80. The molecule has 0 aliphatic heterocycles. The predicted molar refractivity (Wildman–Crippen MR) is 141 cm³/mol. The molecule has 0 radical (unpaired) electrons. The van der Waals surface area contributed by atoms with Crippen LogP contribution < -0.4 is 15.4 Å². The minimum atomic E-state index is -0.449. The topological polar surface area (TPSA) is 76.7 Å². The van der Waals surface area contributed by atoms with Gasteiger partial charge in [-0.3, -0.25) is 4.79 Å². The SMILES string of the molecule is CCOC(=O)c1c(-c2ccc(C)cc2)csc1NC(=S)NC(=O)CCCOc1ccc(Cl)cc1. The number of ether oxygens (including phenoxy) is 2. The van der Waals surface area contributed by atoms with Crippen molar-refractivity contribution in [3.05, 3.63) is 70.1 Å². The van der Waals surface area contributed by atoms with Crippen molar-refractivity contribution >= 4 is 57.1 Å². The van der Waals surface area contributed by atoms with E-state index in [4.69, 9.17) is 33.3 Å². The first-order valence-electron chi connectivity index (χ1n) is 10.7. The Bertz CT molecular complexity index is 1140. The Kier molecular flexibility index (Phi) is 9.44. The molecule has 0 atom stereocenters. The molecular formula is C25H25ClN2O4S2. The molecule has 9 heteroatoms. The van der Waals surface area contributed by atoms with Crippen LogP contribution in [0.3, 0.4) is 0 Å². The van der Waals surface area contributed by atoms with Gasteiger partial charge in [-0.1, -0.05) is 41.4 Å². The van der Waals surface area contributed by atoms with E-state index in [1.165, 1.54) is 11.3 Å². The molecule has 0 aliphatic rings. The van der Waals surface area contributed by atoms with Gasteiger partial charge in [-0.15, -0.1) is 11.3 Å². The van der Waals surface area contributed by atoms with Crippen LogP contribution in [0.25, 0.3) is 11.1 Å². The first-order valence-corrected chi connectivity index (χ1v) is 12.4. The molecule has 0 saturated carbocycles. The van der Waals surface area contributed by atoms with Gasteiger partial charge in [0.05, 0.1) is 13.2 Å². The van der Waals surface area contributed by atoms with Crippen LogP contribution in [0.5, 0.6) is 5.75 Å². The summed E-state index contributed by atoms with van der Waals surface area (Å²) < 4.78 is 10.9. The third-order valence-electron chi connectivity index (χ3n) is 4.74.